The van der Waals surface area contributed by atoms with E-state index < -0.39 is 11.1 Å². The second-order valence-electron chi connectivity index (χ2n) is 7.85. The number of aryl methyl sites for hydroxylation is 2. The molecule has 3 rings (SSSR count). The Labute approximate surface area is 192 Å². The van der Waals surface area contributed by atoms with Crippen LogP contribution in [0, 0.1) is 0 Å². The monoisotopic (exact) mass is 454 g/mol. The van der Waals surface area contributed by atoms with Crippen LogP contribution in [0.3, 0.4) is 0 Å². The molecule has 0 aliphatic heterocycles. The van der Waals surface area contributed by atoms with Crippen molar-refractivity contribution in [3.8, 4) is 11.5 Å². The van der Waals surface area contributed by atoms with Crippen molar-refractivity contribution in [2.45, 2.75) is 20.3 Å². The van der Waals surface area contributed by atoms with E-state index in [0.717, 1.165) is 5.56 Å². The quantitative estimate of drug-likeness (QED) is 0.525. The van der Waals surface area contributed by atoms with Crippen molar-refractivity contribution in [2.75, 3.05) is 37.5 Å². The van der Waals surface area contributed by atoms with E-state index in [1.54, 1.807) is 38.4 Å². The summed E-state index contributed by atoms with van der Waals surface area (Å²) in [5.41, 5.74) is 1.94. The molecule has 33 heavy (non-hydrogen) atoms. The third-order valence-electron chi connectivity index (χ3n) is 5.34. The molecule has 0 saturated heterocycles. The fourth-order valence-corrected chi connectivity index (χ4v) is 3.66. The summed E-state index contributed by atoms with van der Waals surface area (Å²) in [6.07, 6.45) is 0.129. The van der Waals surface area contributed by atoms with Gasteiger partial charge in [0.1, 0.15) is 0 Å². The van der Waals surface area contributed by atoms with Gasteiger partial charge >= 0.3 is 11.1 Å². The van der Waals surface area contributed by atoms with Gasteiger partial charge in [-0.25, -0.2) is 0 Å². The highest BCUT2D eigenvalue weighted by Gasteiger charge is 2.16. The maximum absolute atomic E-state index is 12.9. The highest BCUT2D eigenvalue weighted by atomic mass is 16.5. The number of nitrogens with one attached hydrogen (secondary N) is 1. The Kier molecular flexibility index (Phi) is 7.10. The Hall–Kier alpha value is -3.75. The van der Waals surface area contributed by atoms with E-state index in [1.807, 2.05) is 38.9 Å². The fraction of sp³-hybridized carbons (Fsp3) is 0.375. The molecule has 1 amide bonds. The second-order valence-corrected chi connectivity index (χ2v) is 7.85. The standard InChI is InChI=1S/C24H30N4O5/c1-7-32-20-10-9-15(11-21(20)33-8-2)12-22(29)25-16-13-18-19(14-17(16)26(3)4)28(6)24(31)23(30)27(18)5/h9-11,13-14H,7-8,12H2,1-6H3,(H,25,29). The van der Waals surface area contributed by atoms with Crippen molar-refractivity contribution >= 4 is 28.3 Å². The minimum Gasteiger partial charge on any atom is -0.490 e. The molecule has 0 spiro atoms. The molecule has 9 nitrogen and oxygen atoms in total. The van der Waals surface area contributed by atoms with Crippen LogP contribution in [0.1, 0.15) is 19.4 Å². The van der Waals surface area contributed by atoms with E-state index in [1.165, 1.54) is 9.13 Å². The lowest BCUT2D eigenvalue weighted by molar-refractivity contribution is -0.115. The second kappa shape index (κ2) is 9.81. The number of benzene rings is 2. The van der Waals surface area contributed by atoms with Gasteiger partial charge < -0.3 is 28.8 Å². The first-order valence-electron chi connectivity index (χ1n) is 10.8. The first-order chi connectivity index (χ1) is 15.7. The molecule has 1 aromatic heterocycles. The minimum absolute atomic E-state index is 0.129. The van der Waals surface area contributed by atoms with E-state index in [9.17, 15) is 14.4 Å². The first-order valence-corrected chi connectivity index (χ1v) is 10.8. The first kappa shape index (κ1) is 23.9. The lowest BCUT2D eigenvalue weighted by atomic mass is 10.1. The predicted octanol–water partition coefficient (Wildman–Crippen LogP) is 2.28. The number of carbonyl (C=O) groups is 1. The minimum atomic E-state index is -0.627. The van der Waals surface area contributed by atoms with E-state index in [0.29, 0.717) is 47.1 Å². The van der Waals surface area contributed by atoms with Gasteiger partial charge in [-0.15, -0.1) is 0 Å². The highest BCUT2D eigenvalue weighted by molar-refractivity contribution is 5.99. The van der Waals surface area contributed by atoms with Gasteiger partial charge in [0.05, 0.1) is 42.0 Å². The van der Waals surface area contributed by atoms with Gasteiger partial charge in [0.15, 0.2) is 11.5 Å². The van der Waals surface area contributed by atoms with Gasteiger partial charge in [-0.05, 0) is 43.7 Å². The van der Waals surface area contributed by atoms with Crippen LogP contribution in [0.4, 0.5) is 11.4 Å². The lowest BCUT2D eigenvalue weighted by Gasteiger charge is -2.21. The Balaban J connectivity index is 1.96. The number of hydrogen-bond donors (Lipinski definition) is 1. The maximum Gasteiger partial charge on any atom is 0.316 e. The van der Waals surface area contributed by atoms with Crippen LogP contribution in [-0.2, 0) is 25.3 Å². The molecule has 1 N–H and O–H groups in total. The van der Waals surface area contributed by atoms with Crippen molar-refractivity contribution in [1.29, 1.82) is 0 Å². The Morgan fingerprint density at radius 2 is 1.48 bits per heavy atom. The smallest absolute Gasteiger partial charge is 0.316 e. The van der Waals surface area contributed by atoms with Gasteiger partial charge in [-0.2, -0.15) is 0 Å². The molecule has 0 unspecified atom stereocenters. The number of ether oxygens (including phenoxy) is 2. The third kappa shape index (κ3) is 4.87. The zero-order valence-electron chi connectivity index (χ0n) is 19.9. The average molecular weight is 455 g/mol. The van der Waals surface area contributed by atoms with Gasteiger partial charge in [0.2, 0.25) is 5.91 Å². The van der Waals surface area contributed by atoms with Crippen molar-refractivity contribution < 1.29 is 14.3 Å². The summed E-state index contributed by atoms with van der Waals surface area (Å²) >= 11 is 0. The molecule has 0 aliphatic carbocycles. The number of nitrogens with zero attached hydrogens (tertiary/aromatic N) is 3. The number of hydrogen-bond acceptors (Lipinski definition) is 6. The summed E-state index contributed by atoms with van der Waals surface area (Å²) in [4.78, 5) is 39.2. The van der Waals surface area contributed by atoms with Crippen molar-refractivity contribution in [3.05, 3.63) is 56.6 Å². The van der Waals surface area contributed by atoms with Crippen LogP contribution in [0.5, 0.6) is 11.5 Å². The van der Waals surface area contributed by atoms with Gasteiger partial charge in [0.25, 0.3) is 0 Å². The Morgan fingerprint density at radius 3 is 2.06 bits per heavy atom. The SMILES string of the molecule is CCOc1ccc(CC(=O)Nc2cc3c(cc2N(C)C)n(C)c(=O)c(=O)n3C)cc1OCC. The molecule has 0 aliphatic rings. The molecular weight excluding hydrogens is 424 g/mol. The Morgan fingerprint density at radius 1 is 0.909 bits per heavy atom. The molecule has 2 aromatic carbocycles. The molecule has 0 fully saturated rings. The van der Waals surface area contributed by atoms with E-state index in [2.05, 4.69) is 5.32 Å². The van der Waals surface area contributed by atoms with Crippen LogP contribution in [0.2, 0.25) is 0 Å². The molecule has 0 bridgehead atoms. The van der Waals surface area contributed by atoms with Gasteiger partial charge in [-0.1, -0.05) is 6.07 Å². The lowest BCUT2D eigenvalue weighted by Crippen LogP contribution is -2.39. The van der Waals surface area contributed by atoms with Crippen LogP contribution in [0.15, 0.2) is 39.9 Å². The van der Waals surface area contributed by atoms with Crippen molar-refractivity contribution in [3.63, 3.8) is 0 Å². The predicted molar refractivity (Wildman–Crippen MR) is 130 cm³/mol. The topological polar surface area (TPSA) is 94.8 Å². The molecule has 3 aromatic rings. The third-order valence-corrected chi connectivity index (χ3v) is 5.34. The zero-order chi connectivity index (χ0) is 24.3. The number of rotatable bonds is 8. The number of amides is 1. The van der Waals surface area contributed by atoms with E-state index in [4.69, 9.17) is 9.47 Å². The normalized spacial score (nSPS) is 10.8. The van der Waals surface area contributed by atoms with Gasteiger partial charge in [-0.3, -0.25) is 14.4 Å². The van der Waals surface area contributed by atoms with E-state index >= 15 is 0 Å². The molecule has 0 atom stereocenters. The van der Waals surface area contributed by atoms with Crippen LogP contribution < -0.4 is 30.8 Å². The van der Waals surface area contributed by atoms with E-state index in [-0.39, 0.29) is 12.3 Å². The maximum atomic E-state index is 12.9. The summed E-state index contributed by atoms with van der Waals surface area (Å²) in [6.45, 7) is 4.79. The molecule has 9 heteroatoms. The molecular formula is C24H30N4O5. The van der Waals surface area contributed by atoms with Crippen molar-refractivity contribution in [1.82, 2.24) is 9.13 Å². The largest absolute Gasteiger partial charge is 0.490 e. The summed E-state index contributed by atoms with van der Waals surface area (Å²) in [5, 5.41) is 2.95. The number of fused-ring (bicyclic) bond motifs is 1. The van der Waals surface area contributed by atoms with Crippen LogP contribution >= 0.6 is 0 Å². The highest BCUT2D eigenvalue weighted by Crippen LogP contribution is 2.31. The van der Waals surface area contributed by atoms with Crippen LogP contribution in [0.25, 0.3) is 11.0 Å². The van der Waals surface area contributed by atoms with Gasteiger partial charge in [0, 0.05) is 28.2 Å². The number of anilines is 2. The Bertz CT molecular complexity index is 1310. The molecule has 0 radical (unpaired) electrons. The average Bonchev–Trinajstić information content (AvgIpc) is 2.77. The summed E-state index contributed by atoms with van der Waals surface area (Å²) in [6, 6.07) is 8.94. The molecule has 176 valence electrons. The fourth-order valence-electron chi connectivity index (χ4n) is 3.66. The number of carbonyl (C=O) groups excluding carboxylic acids is 1. The van der Waals surface area contributed by atoms with Crippen LogP contribution in [-0.4, -0.2) is 42.4 Å². The molecule has 0 saturated carbocycles. The molecule has 1 heterocycles. The summed E-state index contributed by atoms with van der Waals surface area (Å²) in [7, 11) is 6.79. The summed E-state index contributed by atoms with van der Waals surface area (Å²) in [5.74, 6) is 1.01. The summed E-state index contributed by atoms with van der Waals surface area (Å²) < 4.78 is 13.9. The van der Waals surface area contributed by atoms with Crippen molar-refractivity contribution in [2.24, 2.45) is 14.1 Å². The number of aromatic nitrogens is 2. The zero-order valence-corrected chi connectivity index (χ0v) is 19.9.